The summed E-state index contributed by atoms with van der Waals surface area (Å²) in [6.07, 6.45) is 4.98. The largest absolute Gasteiger partial charge is 0.504 e. The molecule has 2 aromatic carbocycles. The molecular formula is C20H19NO4S. The maximum atomic E-state index is 12.4. The summed E-state index contributed by atoms with van der Waals surface area (Å²) in [6.45, 7) is 2.42. The molecule has 6 heteroatoms. The van der Waals surface area contributed by atoms with Crippen molar-refractivity contribution < 1.29 is 19.7 Å². The maximum absolute atomic E-state index is 12.4. The van der Waals surface area contributed by atoms with Crippen molar-refractivity contribution in [1.29, 1.82) is 0 Å². The van der Waals surface area contributed by atoms with Crippen LogP contribution in [0.3, 0.4) is 0 Å². The van der Waals surface area contributed by atoms with E-state index in [0.717, 1.165) is 28.5 Å². The average molecular weight is 369 g/mol. The fourth-order valence-corrected chi connectivity index (χ4v) is 3.39. The van der Waals surface area contributed by atoms with Gasteiger partial charge in [-0.1, -0.05) is 37.2 Å². The molecule has 0 spiro atoms. The van der Waals surface area contributed by atoms with Crippen LogP contribution >= 0.6 is 11.8 Å². The molecule has 2 N–H and O–H groups in total. The molecule has 0 bridgehead atoms. The van der Waals surface area contributed by atoms with Crippen molar-refractivity contribution in [3.05, 3.63) is 54.4 Å². The second kappa shape index (κ2) is 8.10. The number of hydrogen-bond donors (Lipinski definition) is 2. The van der Waals surface area contributed by atoms with E-state index in [2.05, 4.69) is 4.98 Å². The van der Waals surface area contributed by atoms with Gasteiger partial charge < -0.3 is 14.9 Å². The Bertz CT molecular complexity index is 942. The van der Waals surface area contributed by atoms with Gasteiger partial charge in [-0.2, -0.15) is 0 Å². The van der Waals surface area contributed by atoms with Crippen LogP contribution in [0, 0.1) is 0 Å². The van der Waals surface area contributed by atoms with Crippen molar-refractivity contribution in [2.45, 2.75) is 29.6 Å². The van der Waals surface area contributed by atoms with Crippen LogP contribution in [-0.4, -0.2) is 27.8 Å². The van der Waals surface area contributed by atoms with Crippen molar-refractivity contribution in [3.63, 3.8) is 0 Å². The third-order valence-electron chi connectivity index (χ3n) is 3.89. The predicted molar refractivity (Wildman–Crippen MR) is 101 cm³/mol. The molecule has 0 amide bonds. The summed E-state index contributed by atoms with van der Waals surface area (Å²) in [5.41, 5.74) is 0.418. The molecule has 0 aliphatic heterocycles. The van der Waals surface area contributed by atoms with Gasteiger partial charge in [-0.15, -0.1) is 0 Å². The van der Waals surface area contributed by atoms with Crippen molar-refractivity contribution >= 4 is 28.5 Å². The molecule has 0 aliphatic rings. The third-order valence-corrected chi connectivity index (χ3v) is 4.93. The molecule has 0 saturated heterocycles. The Balaban J connectivity index is 1.93. The number of carbonyl (C=O) groups is 1. The summed E-state index contributed by atoms with van der Waals surface area (Å²) in [7, 11) is 0. The van der Waals surface area contributed by atoms with Gasteiger partial charge in [0, 0.05) is 28.1 Å². The van der Waals surface area contributed by atoms with E-state index >= 15 is 0 Å². The highest BCUT2D eigenvalue weighted by Gasteiger charge is 2.14. The fraction of sp³-hybridized carbons (Fsp3) is 0.200. The summed E-state index contributed by atoms with van der Waals surface area (Å²) in [5, 5.41) is 21.2. The average Bonchev–Trinajstić information content (AvgIpc) is 2.65. The van der Waals surface area contributed by atoms with Gasteiger partial charge in [0.2, 0.25) is 0 Å². The number of ether oxygens (including phenoxy) is 1. The zero-order chi connectivity index (χ0) is 18.5. The molecule has 0 fully saturated rings. The molecule has 1 heterocycles. The van der Waals surface area contributed by atoms with Crippen molar-refractivity contribution in [2.75, 3.05) is 6.61 Å². The second-order valence-corrected chi connectivity index (χ2v) is 6.90. The minimum absolute atomic E-state index is 0.161. The molecule has 0 atom stereocenters. The first kappa shape index (κ1) is 18.1. The van der Waals surface area contributed by atoms with E-state index in [-0.39, 0.29) is 17.5 Å². The monoisotopic (exact) mass is 369 g/mol. The number of esters is 1. The molecule has 0 radical (unpaired) electrons. The second-order valence-electron chi connectivity index (χ2n) is 5.79. The number of phenols is 2. The van der Waals surface area contributed by atoms with Crippen LogP contribution < -0.4 is 0 Å². The Morgan fingerprint density at radius 2 is 2.04 bits per heavy atom. The summed E-state index contributed by atoms with van der Waals surface area (Å²) in [5.74, 6) is -0.717. The predicted octanol–water partition coefficient (Wildman–Crippen LogP) is 4.75. The molecule has 0 saturated carbocycles. The van der Waals surface area contributed by atoms with E-state index in [9.17, 15) is 15.0 Å². The Morgan fingerprint density at radius 1 is 1.19 bits per heavy atom. The number of rotatable bonds is 6. The van der Waals surface area contributed by atoms with E-state index in [4.69, 9.17) is 4.74 Å². The molecule has 5 nitrogen and oxygen atoms in total. The van der Waals surface area contributed by atoms with E-state index in [1.54, 1.807) is 18.3 Å². The molecule has 0 unspecified atom stereocenters. The zero-order valence-electron chi connectivity index (χ0n) is 14.3. The summed E-state index contributed by atoms with van der Waals surface area (Å²) < 4.78 is 5.31. The molecule has 0 aliphatic carbocycles. The minimum atomic E-state index is -0.390. The SMILES string of the molecule is CCCCOC(=O)c1cncc2ccc(Sc3cccc(O)c3O)cc12. The number of benzene rings is 2. The van der Waals surface area contributed by atoms with Gasteiger partial charge in [-0.05, 0) is 30.7 Å². The lowest BCUT2D eigenvalue weighted by Crippen LogP contribution is -2.07. The van der Waals surface area contributed by atoms with Crippen LogP contribution in [0.5, 0.6) is 11.5 Å². The number of unbranched alkanes of at least 4 members (excludes halogenated alkanes) is 1. The van der Waals surface area contributed by atoms with E-state index < -0.39 is 0 Å². The molecule has 134 valence electrons. The lowest BCUT2D eigenvalue weighted by Gasteiger charge is -2.09. The van der Waals surface area contributed by atoms with Crippen LogP contribution in [0.1, 0.15) is 30.1 Å². The maximum Gasteiger partial charge on any atom is 0.340 e. The summed E-state index contributed by atoms with van der Waals surface area (Å²) in [4.78, 5) is 17.8. The first-order valence-electron chi connectivity index (χ1n) is 8.34. The third kappa shape index (κ3) is 3.91. The summed E-state index contributed by atoms with van der Waals surface area (Å²) >= 11 is 1.30. The quantitative estimate of drug-likeness (QED) is 0.371. The van der Waals surface area contributed by atoms with Gasteiger partial charge in [0.05, 0.1) is 17.1 Å². The minimum Gasteiger partial charge on any atom is -0.504 e. The van der Waals surface area contributed by atoms with Gasteiger partial charge in [0.1, 0.15) is 0 Å². The lowest BCUT2D eigenvalue weighted by atomic mass is 10.1. The van der Waals surface area contributed by atoms with Gasteiger partial charge in [0.15, 0.2) is 11.5 Å². The Morgan fingerprint density at radius 3 is 2.85 bits per heavy atom. The van der Waals surface area contributed by atoms with Crippen molar-refractivity contribution in [3.8, 4) is 11.5 Å². The number of fused-ring (bicyclic) bond motifs is 1. The number of carbonyl (C=O) groups excluding carboxylic acids is 1. The molecule has 3 aromatic rings. The van der Waals surface area contributed by atoms with Crippen LogP contribution in [0.2, 0.25) is 0 Å². The molecule has 26 heavy (non-hydrogen) atoms. The Labute approximate surface area is 155 Å². The van der Waals surface area contributed by atoms with Crippen LogP contribution in [0.15, 0.2) is 58.6 Å². The fourth-order valence-electron chi connectivity index (χ4n) is 2.48. The number of nitrogens with zero attached hydrogens (tertiary/aromatic N) is 1. The molecular weight excluding hydrogens is 350 g/mol. The number of hydrogen-bond acceptors (Lipinski definition) is 6. The molecule has 3 rings (SSSR count). The zero-order valence-corrected chi connectivity index (χ0v) is 15.1. The van der Waals surface area contributed by atoms with Gasteiger partial charge in [0.25, 0.3) is 0 Å². The highest BCUT2D eigenvalue weighted by atomic mass is 32.2. The molecule has 1 aromatic heterocycles. The number of aromatic hydroxyl groups is 2. The van der Waals surface area contributed by atoms with Gasteiger partial charge >= 0.3 is 5.97 Å². The number of phenolic OH excluding ortho intramolecular Hbond substituents is 2. The van der Waals surface area contributed by atoms with Crippen LogP contribution in [-0.2, 0) is 4.74 Å². The Kier molecular flexibility index (Phi) is 5.63. The van der Waals surface area contributed by atoms with Crippen LogP contribution in [0.4, 0.5) is 0 Å². The summed E-state index contributed by atoms with van der Waals surface area (Å²) in [6, 6.07) is 10.4. The van der Waals surface area contributed by atoms with E-state index in [0.29, 0.717) is 17.1 Å². The standard InChI is InChI=1S/C20H19NO4S/c1-2-3-9-25-20(24)16-12-21-11-13-7-8-14(10-15(13)16)26-18-6-4-5-17(22)19(18)23/h4-8,10-12,22-23H,2-3,9H2,1H3. The number of aromatic nitrogens is 1. The smallest absolute Gasteiger partial charge is 0.340 e. The Hall–Kier alpha value is -2.73. The highest BCUT2D eigenvalue weighted by molar-refractivity contribution is 7.99. The van der Waals surface area contributed by atoms with E-state index in [1.807, 2.05) is 25.1 Å². The highest BCUT2D eigenvalue weighted by Crippen LogP contribution is 2.40. The topological polar surface area (TPSA) is 79.7 Å². The van der Waals surface area contributed by atoms with Gasteiger partial charge in [-0.3, -0.25) is 4.98 Å². The van der Waals surface area contributed by atoms with Crippen LogP contribution in [0.25, 0.3) is 10.8 Å². The van der Waals surface area contributed by atoms with E-state index in [1.165, 1.54) is 24.0 Å². The van der Waals surface area contributed by atoms with Crippen molar-refractivity contribution in [2.24, 2.45) is 0 Å². The number of pyridine rings is 1. The first-order chi connectivity index (χ1) is 12.6. The first-order valence-corrected chi connectivity index (χ1v) is 9.15. The lowest BCUT2D eigenvalue weighted by molar-refractivity contribution is 0.0501. The van der Waals surface area contributed by atoms with Crippen molar-refractivity contribution in [1.82, 2.24) is 4.98 Å². The van der Waals surface area contributed by atoms with Gasteiger partial charge in [-0.25, -0.2) is 4.79 Å². The number of para-hydroxylation sites is 1. The normalized spacial score (nSPS) is 10.8.